The molecule has 35 heavy (non-hydrogen) atoms. The molecule has 1 aliphatic heterocycles. The lowest BCUT2D eigenvalue weighted by molar-refractivity contribution is 0.227. The van der Waals surface area contributed by atoms with Crippen LogP contribution in [0.4, 0.5) is 10.2 Å². The summed E-state index contributed by atoms with van der Waals surface area (Å²) in [4.78, 5) is 9.31. The molecule has 2 N–H and O–H groups in total. The van der Waals surface area contributed by atoms with Crippen molar-refractivity contribution >= 4 is 5.82 Å². The molecule has 1 unspecified atom stereocenters. The Labute approximate surface area is 202 Å². The van der Waals surface area contributed by atoms with Gasteiger partial charge < -0.3 is 15.2 Å². The number of ether oxygens (including phenoxy) is 2. The van der Waals surface area contributed by atoms with Crippen LogP contribution in [0.3, 0.4) is 0 Å². The van der Waals surface area contributed by atoms with Crippen LogP contribution in [0.15, 0.2) is 42.6 Å². The number of fused-ring (bicyclic) bond motifs is 7. The minimum absolute atomic E-state index is 0.0725. The number of hydrogen-bond donors (Lipinski definition) is 1. The Kier molecular flexibility index (Phi) is 4.98. The van der Waals surface area contributed by atoms with Crippen LogP contribution in [0.25, 0.3) is 22.5 Å². The number of benzene rings is 1. The van der Waals surface area contributed by atoms with Crippen molar-refractivity contribution in [2.24, 2.45) is 0 Å². The normalized spacial score (nSPS) is 17.9. The highest BCUT2D eigenvalue weighted by atomic mass is 19.1. The molecule has 3 aromatic heterocycles. The number of pyridine rings is 2. The molecule has 6 rings (SSSR count). The van der Waals surface area contributed by atoms with Crippen LogP contribution in [0, 0.1) is 5.82 Å². The van der Waals surface area contributed by atoms with E-state index in [4.69, 9.17) is 25.3 Å². The van der Waals surface area contributed by atoms with Gasteiger partial charge in [-0.15, -0.1) is 0 Å². The summed E-state index contributed by atoms with van der Waals surface area (Å²) in [5.41, 5.74) is 13.7. The van der Waals surface area contributed by atoms with Crippen molar-refractivity contribution in [3.8, 4) is 34.1 Å². The third-order valence-corrected chi connectivity index (χ3v) is 7.03. The van der Waals surface area contributed by atoms with Gasteiger partial charge in [0.1, 0.15) is 11.9 Å². The van der Waals surface area contributed by atoms with Crippen molar-refractivity contribution in [1.82, 2.24) is 19.7 Å². The minimum atomic E-state index is -0.505. The fourth-order valence-corrected chi connectivity index (χ4v) is 5.43. The number of aromatic nitrogens is 4. The molecule has 178 valence electrons. The van der Waals surface area contributed by atoms with Crippen LogP contribution < -0.4 is 15.2 Å². The second-order valence-corrected chi connectivity index (χ2v) is 9.01. The highest BCUT2D eigenvalue weighted by molar-refractivity contribution is 5.75. The van der Waals surface area contributed by atoms with E-state index in [1.807, 2.05) is 23.7 Å². The second-order valence-electron chi connectivity index (χ2n) is 9.01. The van der Waals surface area contributed by atoms with Gasteiger partial charge in [-0.05, 0) is 56.5 Å². The zero-order chi connectivity index (χ0) is 24.3. The minimum Gasteiger partial charge on any atom is -0.482 e. The van der Waals surface area contributed by atoms with Gasteiger partial charge in [0, 0.05) is 47.0 Å². The lowest BCUT2D eigenvalue weighted by Crippen LogP contribution is -2.12. The number of rotatable bonds is 2. The number of aryl methyl sites for hydroxylation is 2. The molecule has 0 saturated heterocycles. The third kappa shape index (κ3) is 3.35. The summed E-state index contributed by atoms with van der Waals surface area (Å²) in [7, 11) is 1.60. The van der Waals surface area contributed by atoms with E-state index in [-0.39, 0.29) is 17.6 Å². The number of methoxy groups -OCH3 is 1. The van der Waals surface area contributed by atoms with Crippen molar-refractivity contribution in [3.63, 3.8) is 0 Å². The van der Waals surface area contributed by atoms with Crippen LogP contribution in [-0.4, -0.2) is 26.9 Å². The van der Waals surface area contributed by atoms with Gasteiger partial charge >= 0.3 is 0 Å². The average Bonchev–Trinajstić information content (AvgIpc) is 3.43. The lowest BCUT2D eigenvalue weighted by Gasteiger charge is -2.24. The van der Waals surface area contributed by atoms with Crippen molar-refractivity contribution in [3.05, 3.63) is 70.8 Å². The van der Waals surface area contributed by atoms with Gasteiger partial charge in [-0.1, -0.05) is 6.07 Å². The Morgan fingerprint density at radius 2 is 2.06 bits per heavy atom. The maximum absolute atomic E-state index is 14.5. The first-order chi connectivity index (χ1) is 17.0. The Morgan fingerprint density at radius 3 is 2.86 bits per heavy atom. The predicted octanol–water partition coefficient (Wildman–Crippen LogP) is 5.29. The fourth-order valence-electron chi connectivity index (χ4n) is 5.43. The number of hydrogen-bond acceptors (Lipinski definition) is 6. The summed E-state index contributed by atoms with van der Waals surface area (Å²) in [6.07, 6.45) is 3.05. The summed E-state index contributed by atoms with van der Waals surface area (Å²) in [6.45, 7) is 4.69. The van der Waals surface area contributed by atoms with Crippen LogP contribution in [-0.2, 0) is 13.0 Å². The summed E-state index contributed by atoms with van der Waals surface area (Å²) >= 11 is 0. The maximum Gasteiger partial charge on any atom is 0.213 e. The summed E-state index contributed by atoms with van der Waals surface area (Å²) in [5.74, 6) is 0.970. The topological polar surface area (TPSA) is 88.1 Å². The highest BCUT2D eigenvalue weighted by Gasteiger charge is 2.35. The maximum atomic E-state index is 14.5. The summed E-state index contributed by atoms with van der Waals surface area (Å²) in [5, 5.41) is 4.94. The zero-order valence-corrected chi connectivity index (χ0v) is 19.9. The molecule has 2 aliphatic rings. The van der Waals surface area contributed by atoms with Crippen LogP contribution >= 0.6 is 0 Å². The van der Waals surface area contributed by atoms with Crippen LogP contribution in [0.2, 0.25) is 0 Å². The van der Waals surface area contributed by atoms with E-state index < -0.39 is 6.10 Å². The Balaban J connectivity index is 1.71. The Hall–Kier alpha value is -3.94. The molecule has 2 bridgehead atoms. The first kappa shape index (κ1) is 21.6. The van der Waals surface area contributed by atoms with Gasteiger partial charge in [0.2, 0.25) is 5.88 Å². The number of anilines is 1. The fraction of sp³-hybridized carbons (Fsp3) is 0.296. The second kappa shape index (κ2) is 8.08. The van der Waals surface area contributed by atoms with E-state index in [1.165, 1.54) is 17.7 Å². The summed E-state index contributed by atoms with van der Waals surface area (Å²) in [6, 6.07) is 10.6. The van der Waals surface area contributed by atoms with Crippen molar-refractivity contribution < 1.29 is 13.9 Å². The highest BCUT2D eigenvalue weighted by Crippen LogP contribution is 2.48. The molecule has 4 aromatic rings. The first-order valence-electron chi connectivity index (χ1n) is 11.8. The lowest BCUT2D eigenvalue weighted by atomic mass is 9.86. The molecule has 0 amide bonds. The van der Waals surface area contributed by atoms with Gasteiger partial charge in [0.05, 0.1) is 24.2 Å². The van der Waals surface area contributed by atoms with E-state index in [1.54, 1.807) is 19.4 Å². The van der Waals surface area contributed by atoms with Gasteiger partial charge in [0.25, 0.3) is 0 Å². The van der Waals surface area contributed by atoms with Gasteiger partial charge in [0.15, 0.2) is 11.6 Å². The molecule has 2 atom stereocenters. The predicted molar refractivity (Wildman–Crippen MR) is 131 cm³/mol. The summed E-state index contributed by atoms with van der Waals surface area (Å²) < 4.78 is 28.3. The molecule has 7 nitrogen and oxygen atoms in total. The third-order valence-electron chi connectivity index (χ3n) is 7.03. The van der Waals surface area contributed by atoms with Crippen molar-refractivity contribution in [2.45, 2.75) is 45.3 Å². The molecule has 0 radical (unpaired) electrons. The van der Waals surface area contributed by atoms with Crippen LogP contribution in [0.1, 0.15) is 54.7 Å². The van der Waals surface area contributed by atoms with Crippen LogP contribution in [0.5, 0.6) is 11.6 Å². The van der Waals surface area contributed by atoms with Crippen molar-refractivity contribution in [2.75, 3.05) is 12.8 Å². The van der Waals surface area contributed by atoms with E-state index in [2.05, 4.69) is 18.0 Å². The van der Waals surface area contributed by atoms with E-state index >= 15 is 0 Å². The van der Waals surface area contributed by atoms with E-state index in [0.29, 0.717) is 17.2 Å². The molecule has 1 aromatic carbocycles. The molecule has 8 heteroatoms. The number of nitrogens with two attached hydrogens (primary N) is 1. The quantitative estimate of drug-likeness (QED) is 0.428. The Bertz CT molecular complexity index is 1460. The zero-order valence-electron chi connectivity index (χ0n) is 19.9. The first-order valence-corrected chi connectivity index (χ1v) is 11.8. The number of halogens is 1. The molecule has 0 spiro atoms. The van der Waals surface area contributed by atoms with Gasteiger partial charge in [-0.25, -0.2) is 14.4 Å². The molecule has 1 aliphatic carbocycles. The number of nitrogens with zero attached hydrogens (tertiary/aromatic N) is 4. The SMILES string of the molecule is CCn1nc2c3c1-c1cnc(N)c(c1)O[C@H](C)c1cc(F)ccc1-c1nc(OC)ccc1C3CC2. The van der Waals surface area contributed by atoms with E-state index in [9.17, 15) is 4.39 Å². The largest absolute Gasteiger partial charge is 0.482 e. The Morgan fingerprint density at radius 1 is 1.20 bits per heavy atom. The van der Waals surface area contributed by atoms with Crippen molar-refractivity contribution in [1.29, 1.82) is 0 Å². The molecular weight excluding hydrogens is 445 g/mol. The van der Waals surface area contributed by atoms with Gasteiger partial charge in [-0.2, -0.15) is 5.10 Å². The standard InChI is InChI=1S/C27H26FN5O2/c1-4-33-26-15-11-22(27(29)30-13-15)35-14(2)20-12-16(28)5-6-19(20)25-18(8-10-23(31-25)34-3)17-7-9-21(32-33)24(17)26/h5-6,8,10-14,17H,4,7,9H2,1-3H3,(H2,29,30)/t14-,17?/m1/s1. The monoisotopic (exact) mass is 471 g/mol. The molecule has 0 saturated carbocycles. The smallest absolute Gasteiger partial charge is 0.213 e. The van der Waals surface area contributed by atoms with E-state index in [0.717, 1.165) is 53.2 Å². The number of nitrogen functional groups attached to an aromatic ring is 1. The molecular formula is C27H26FN5O2. The molecule has 0 fully saturated rings. The van der Waals surface area contributed by atoms with Gasteiger partial charge in [-0.3, -0.25) is 4.68 Å². The average molecular weight is 472 g/mol. The molecule has 4 heterocycles.